The predicted molar refractivity (Wildman–Crippen MR) is 86.7 cm³/mol. The van der Waals surface area contributed by atoms with Crippen molar-refractivity contribution in [2.75, 3.05) is 20.2 Å². The molecule has 1 amide bonds. The highest BCUT2D eigenvalue weighted by Crippen LogP contribution is 2.28. The van der Waals surface area contributed by atoms with Crippen molar-refractivity contribution >= 4 is 5.91 Å². The minimum Gasteiger partial charge on any atom is -0.380 e. The number of methoxy groups -OCH3 is 1. The van der Waals surface area contributed by atoms with Crippen molar-refractivity contribution in [3.05, 3.63) is 71.8 Å². The summed E-state index contributed by atoms with van der Waals surface area (Å²) in [5.74, 6) is -0.0741. The fourth-order valence-electron chi connectivity index (χ4n) is 3.07. The average Bonchev–Trinajstić information content (AvgIpc) is 3.06. The quantitative estimate of drug-likeness (QED) is 0.867. The van der Waals surface area contributed by atoms with Crippen molar-refractivity contribution in [1.82, 2.24) is 4.90 Å². The number of nitrogens with zero attached hydrogens (tertiary/aromatic N) is 1. The van der Waals surface area contributed by atoms with Crippen molar-refractivity contribution < 1.29 is 9.53 Å². The molecule has 1 aliphatic rings. The smallest absolute Gasteiger partial charge is 0.234 e. The van der Waals surface area contributed by atoms with Crippen LogP contribution in [0.25, 0.3) is 0 Å². The maximum Gasteiger partial charge on any atom is 0.234 e. The second-order valence-electron chi connectivity index (χ2n) is 5.69. The van der Waals surface area contributed by atoms with Crippen LogP contribution in [0.15, 0.2) is 60.7 Å². The van der Waals surface area contributed by atoms with Crippen LogP contribution >= 0.6 is 0 Å². The number of carbonyl (C=O) groups excluding carboxylic acids is 1. The van der Waals surface area contributed by atoms with Crippen molar-refractivity contribution in [3.8, 4) is 0 Å². The molecule has 1 fully saturated rings. The third-order valence-corrected chi connectivity index (χ3v) is 4.30. The van der Waals surface area contributed by atoms with E-state index in [1.165, 1.54) is 0 Å². The number of amides is 1. The van der Waals surface area contributed by atoms with Gasteiger partial charge in [0.25, 0.3) is 0 Å². The third kappa shape index (κ3) is 3.04. The number of ether oxygens (including phenoxy) is 1. The van der Waals surface area contributed by atoms with E-state index in [9.17, 15) is 4.79 Å². The SMILES string of the molecule is COC1CCN(C(=O)C(c2ccccc2)c2ccccc2)C1. The van der Waals surface area contributed by atoms with Crippen LogP contribution in [0.5, 0.6) is 0 Å². The Bertz CT molecular complexity index is 572. The van der Waals surface area contributed by atoms with Gasteiger partial charge in [-0.2, -0.15) is 0 Å². The third-order valence-electron chi connectivity index (χ3n) is 4.30. The highest BCUT2D eigenvalue weighted by atomic mass is 16.5. The first-order valence-corrected chi connectivity index (χ1v) is 7.71. The molecule has 3 rings (SSSR count). The zero-order valence-electron chi connectivity index (χ0n) is 12.8. The van der Waals surface area contributed by atoms with Gasteiger partial charge in [-0.05, 0) is 17.5 Å². The van der Waals surface area contributed by atoms with E-state index in [0.717, 1.165) is 24.1 Å². The molecule has 1 unspecified atom stereocenters. The minimum atomic E-state index is -0.238. The Hall–Kier alpha value is -2.13. The van der Waals surface area contributed by atoms with Gasteiger partial charge in [0, 0.05) is 20.2 Å². The second kappa shape index (κ2) is 6.75. The monoisotopic (exact) mass is 295 g/mol. The van der Waals surface area contributed by atoms with Gasteiger partial charge in [-0.3, -0.25) is 4.79 Å². The first-order chi connectivity index (χ1) is 10.8. The summed E-state index contributed by atoms with van der Waals surface area (Å²) in [7, 11) is 1.71. The van der Waals surface area contributed by atoms with Crippen molar-refractivity contribution in [2.45, 2.75) is 18.4 Å². The molecule has 1 saturated heterocycles. The molecule has 2 aromatic carbocycles. The summed E-state index contributed by atoms with van der Waals surface area (Å²) >= 11 is 0. The summed E-state index contributed by atoms with van der Waals surface area (Å²) in [6, 6.07) is 20.0. The molecule has 114 valence electrons. The lowest BCUT2D eigenvalue weighted by molar-refractivity contribution is -0.131. The first kappa shape index (κ1) is 14.8. The molecule has 1 aliphatic heterocycles. The molecule has 0 spiro atoms. The van der Waals surface area contributed by atoms with Crippen LogP contribution in [0.3, 0.4) is 0 Å². The fourth-order valence-corrected chi connectivity index (χ4v) is 3.07. The lowest BCUT2D eigenvalue weighted by atomic mass is 9.90. The Balaban J connectivity index is 1.91. The van der Waals surface area contributed by atoms with Gasteiger partial charge in [-0.15, -0.1) is 0 Å². The Labute approximate surface area is 131 Å². The molecule has 3 heteroatoms. The van der Waals surface area contributed by atoms with Crippen LogP contribution in [-0.4, -0.2) is 37.1 Å². The van der Waals surface area contributed by atoms with Crippen molar-refractivity contribution in [1.29, 1.82) is 0 Å². The van der Waals surface area contributed by atoms with E-state index >= 15 is 0 Å². The molecule has 0 aromatic heterocycles. The normalized spacial score (nSPS) is 17.9. The second-order valence-corrected chi connectivity index (χ2v) is 5.69. The van der Waals surface area contributed by atoms with Gasteiger partial charge in [0.15, 0.2) is 0 Å². The van der Waals surface area contributed by atoms with E-state index in [2.05, 4.69) is 0 Å². The maximum absolute atomic E-state index is 13.1. The summed E-state index contributed by atoms with van der Waals surface area (Å²) < 4.78 is 5.39. The van der Waals surface area contributed by atoms with Gasteiger partial charge in [0.2, 0.25) is 5.91 Å². The van der Waals surface area contributed by atoms with Crippen LogP contribution in [0.2, 0.25) is 0 Å². The van der Waals surface area contributed by atoms with E-state index < -0.39 is 0 Å². The van der Waals surface area contributed by atoms with Crippen molar-refractivity contribution in [2.24, 2.45) is 0 Å². The van der Waals surface area contributed by atoms with Crippen LogP contribution in [-0.2, 0) is 9.53 Å². The summed E-state index contributed by atoms with van der Waals surface area (Å²) in [5, 5.41) is 0. The van der Waals surface area contributed by atoms with E-state index in [0.29, 0.717) is 6.54 Å². The van der Waals surface area contributed by atoms with E-state index in [-0.39, 0.29) is 17.9 Å². The van der Waals surface area contributed by atoms with Crippen LogP contribution in [0.4, 0.5) is 0 Å². The molecule has 0 saturated carbocycles. The molecule has 0 aliphatic carbocycles. The maximum atomic E-state index is 13.1. The molecule has 3 nitrogen and oxygen atoms in total. The Morgan fingerprint density at radius 1 is 1.05 bits per heavy atom. The zero-order valence-corrected chi connectivity index (χ0v) is 12.8. The molecular weight excluding hydrogens is 274 g/mol. The summed E-state index contributed by atoms with van der Waals surface area (Å²) in [6.45, 7) is 1.46. The number of benzene rings is 2. The van der Waals surface area contributed by atoms with Crippen LogP contribution in [0, 0.1) is 0 Å². The molecule has 1 heterocycles. The van der Waals surface area contributed by atoms with Gasteiger partial charge in [0.1, 0.15) is 0 Å². The minimum absolute atomic E-state index is 0.163. The number of carbonyl (C=O) groups is 1. The largest absolute Gasteiger partial charge is 0.380 e. The van der Waals surface area contributed by atoms with Crippen LogP contribution in [0.1, 0.15) is 23.5 Å². The van der Waals surface area contributed by atoms with Gasteiger partial charge >= 0.3 is 0 Å². The number of rotatable bonds is 4. The highest BCUT2D eigenvalue weighted by Gasteiger charge is 2.32. The molecule has 0 bridgehead atoms. The van der Waals surface area contributed by atoms with E-state index in [4.69, 9.17) is 4.74 Å². The van der Waals surface area contributed by atoms with Crippen molar-refractivity contribution in [3.63, 3.8) is 0 Å². The Morgan fingerprint density at radius 2 is 1.59 bits per heavy atom. The topological polar surface area (TPSA) is 29.5 Å². The highest BCUT2D eigenvalue weighted by molar-refractivity contribution is 5.87. The molecular formula is C19H21NO2. The summed E-state index contributed by atoms with van der Waals surface area (Å²) in [6.07, 6.45) is 1.08. The lowest BCUT2D eigenvalue weighted by Gasteiger charge is -2.24. The lowest BCUT2D eigenvalue weighted by Crippen LogP contribution is -2.34. The zero-order chi connectivity index (χ0) is 15.4. The number of hydrogen-bond donors (Lipinski definition) is 0. The number of hydrogen-bond acceptors (Lipinski definition) is 2. The molecule has 22 heavy (non-hydrogen) atoms. The van der Waals surface area contributed by atoms with Crippen LogP contribution < -0.4 is 0 Å². The van der Waals surface area contributed by atoms with E-state index in [1.807, 2.05) is 65.6 Å². The average molecular weight is 295 g/mol. The Morgan fingerprint density at radius 3 is 2.05 bits per heavy atom. The summed E-state index contributed by atoms with van der Waals surface area (Å²) in [4.78, 5) is 15.0. The van der Waals surface area contributed by atoms with E-state index in [1.54, 1.807) is 7.11 Å². The standard InChI is InChI=1S/C19H21NO2/c1-22-17-12-13-20(14-17)19(21)18(15-8-4-2-5-9-15)16-10-6-3-7-11-16/h2-11,17-18H,12-14H2,1H3. The molecule has 0 radical (unpaired) electrons. The van der Waals surface area contributed by atoms with Gasteiger partial charge in [-0.1, -0.05) is 60.7 Å². The Kier molecular flexibility index (Phi) is 4.54. The molecule has 2 aromatic rings. The molecule has 1 atom stereocenters. The fraction of sp³-hybridized carbons (Fsp3) is 0.316. The first-order valence-electron chi connectivity index (χ1n) is 7.71. The predicted octanol–water partition coefficient (Wildman–Crippen LogP) is 3.07. The number of likely N-dealkylation sites (tertiary alicyclic amines) is 1. The summed E-state index contributed by atoms with van der Waals surface area (Å²) in [5.41, 5.74) is 2.08. The van der Waals surface area contributed by atoms with Gasteiger partial charge in [0.05, 0.1) is 12.0 Å². The molecule has 0 N–H and O–H groups in total. The van der Waals surface area contributed by atoms with Gasteiger partial charge in [-0.25, -0.2) is 0 Å². The van der Waals surface area contributed by atoms with Gasteiger partial charge < -0.3 is 9.64 Å².